The number of carbonyl (C=O) groups excluding carboxylic acids is 1. The van der Waals surface area contributed by atoms with Crippen molar-refractivity contribution < 1.29 is 14.6 Å². The average Bonchev–Trinajstić information content (AvgIpc) is 2.30. The van der Waals surface area contributed by atoms with Crippen LogP contribution in [0.15, 0.2) is 18.2 Å². The Bertz CT molecular complexity index is 493. The summed E-state index contributed by atoms with van der Waals surface area (Å²) in [6.45, 7) is 3.01. The molecule has 0 unspecified atom stereocenters. The van der Waals surface area contributed by atoms with Crippen LogP contribution in [0.5, 0.6) is 11.5 Å². The van der Waals surface area contributed by atoms with Gasteiger partial charge in [0.2, 0.25) is 5.91 Å². The first-order valence-electron chi connectivity index (χ1n) is 5.46. The first kappa shape index (κ1) is 13.8. The number of amides is 1. The van der Waals surface area contributed by atoms with E-state index in [0.29, 0.717) is 12.2 Å². The van der Waals surface area contributed by atoms with Crippen molar-refractivity contribution in [2.24, 2.45) is 0 Å². The van der Waals surface area contributed by atoms with Crippen LogP contribution < -0.4 is 10.1 Å². The Kier molecular flexibility index (Phi) is 4.16. The predicted molar refractivity (Wildman–Crippen MR) is 66.2 cm³/mol. The fourth-order valence-corrected chi connectivity index (χ4v) is 1.74. The number of nitrogens with zero attached hydrogens (tertiary/aromatic N) is 1. The Morgan fingerprint density at radius 2 is 2.28 bits per heavy atom. The highest BCUT2D eigenvalue weighted by molar-refractivity contribution is 5.74. The van der Waals surface area contributed by atoms with Crippen molar-refractivity contribution in [1.29, 1.82) is 5.26 Å². The number of nitriles is 1. The van der Waals surface area contributed by atoms with E-state index in [2.05, 4.69) is 11.4 Å². The summed E-state index contributed by atoms with van der Waals surface area (Å²) < 4.78 is 4.99. The third-order valence-corrected chi connectivity index (χ3v) is 2.50. The van der Waals surface area contributed by atoms with E-state index in [0.717, 1.165) is 5.56 Å². The number of ether oxygens (including phenoxy) is 1. The zero-order valence-corrected chi connectivity index (χ0v) is 10.7. The fourth-order valence-electron chi connectivity index (χ4n) is 1.74. The molecule has 0 saturated carbocycles. The molecular weight excluding hydrogens is 232 g/mol. The van der Waals surface area contributed by atoms with Gasteiger partial charge in [-0.2, -0.15) is 5.26 Å². The largest absolute Gasteiger partial charge is 0.504 e. The Morgan fingerprint density at radius 1 is 1.61 bits per heavy atom. The van der Waals surface area contributed by atoms with Crippen LogP contribution in [0, 0.1) is 11.3 Å². The Balaban J connectivity index is 2.95. The van der Waals surface area contributed by atoms with Crippen LogP contribution >= 0.6 is 0 Å². The topological polar surface area (TPSA) is 82.3 Å². The van der Waals surface area contributed by atoms with E-state index < -0.39 is 5.54 Å². The molecule has 96 valence electrons. The van der Waals surface area contributed by atoms with E-state index in [9.17, 15) is 9.90 Å². The van der Waals surface area contributed by atoms with Crippen LogP contribution in [-0.4, -0.2) is 23.7 Å². The third kappa shape index (κ3) is 3.39. The molecule has 0 bridgehead atoms. The molecule has 18 heavy (non-hydrogen) atoms. The van der Waals surface area contributed by atoms with Crippen molar-refractivity contribution >= 4 is 5.91 Å². The number of phenolic OH excluding ortho intramolecular Hbond substituents is 1. The quantitative estimate of drug-likeness (QED) is 0.842. The maximum Gasteiger partial charge on any atom is 0.218 e. The maximum absolute atomic E-state index is 11.1. The minimum atomic E-state index is -0.978. The molecule has 0 aromatic heterocycles. The molecule has 1 amide bonds. The summed E-state index contributed by atoms with van der Waals surface area (Å²) in [6, 6.07) is 6.91. The first-order valence-corrected chi connectivity index (χ1v) is 5.46. The van der Waals surface area contributed by atoms with Gasteiger partial charge in [0.05, 0.1) is 13.2 Å². The summed E-state index contributed by atoms with van der Waals surface area (Å²) in [5.74, 6) is 0.125. The van der Waals surface area contributed by atoms with Crippen LogP contribution in [0.2, 0.25) is 0 Å². The first-order chi connectivity index (χ1) is 8.40. The molecule has 0 saturated heterocycles. The number of nitrogens with one attached hydrogen (secondary N) is 1. The zero-order valence-electron chi connectivity index (χ0n) is 10.7. The van der Waals surface area contributed by atoms with Gasteiger partial charge in [-0.15, -0.1) is 0 Å². The molecule has 0 aliphatic carbocycles. The van der Waals surface area contributed by atoms with Crippen molar-refractivity contribution in [3.63, 3.8) is 0 Å². The van der Waals surface area contributed by atoms with E-state index in [1.165, 1.54) is 20.1 Å². The number of carbonyl (C=O) groups is 1. The Morgan fingerprint density at radius 3 is 2.78 bits per heavy atom. The van der Waals surface area contributed by atoms with Gasteiger partial charge in [0, 0.05) is 13.3 Å². The summed E-state index contributed by atoms with van der Waals surface area (Å²) in [4.78, 5) is 11.1. The smallest absolute Gasteiger partial charge is 0.218 e. The molecule has 1 rings (SSSR count). The number of rotatable bonds is 4. The summed E-state index contributed by atoms with van der Waals surface area (Å²) in [5, 5.41) is 21.2. The molecular formula is C13H16N2O3. The molecule has 1 atom stereocenters. The normalized spacial score (nSPS) is 13.2. The Labute approximate surface area is 106 Å². The third-order valence-electron chi connectivity index (χ3n) is 2.50. The van der Waals surface area contributed by atoms with Crippen molar-refractivity contribution in [3.8, 4) is 17.6 Å². The zero-order chi connectivity index (χ0) is 13.8. The van der Waals surface area contributed by atoms with Gasteiger partial charge in [-0.1, -0.05) is 6.07 Å². The van der Waals surface area contributed by atoms with E-state index in [-0.39, 0.29) is 11.7 Å². The summed E-state index contributed by atoms with van der Waals surface area (Å²) >= 11 is 0. The highest BCUT2D eigenvalue weighted by Gasteiger charge is 2.25. The van der Waals surface area contributed by atoms with Crippen molar-refractivity contribution in [2.75, 3.05) is 7.11 Å². The molecule has 0 aliphatic rings. The fraction of sp³-hybridized carbons (Fsp3) is 0.385. The minimum absolute atomic E-state index is 0.0411. The number of hydrogen-bond donors (Lipinski definition) is 2. The molecule has 5 nitrogen and oxygen atoms in total. The lowest BCUT2D eigenvalue weighted by atomic mass is 9.94. The second kappa shape index (κ2) is 5.41. The maximum atomic E-state index is 11.1. The van der Waals surface area contributed by atoms with Crippen LogP contribution in [0.3, 0.4) is 0 Å². The number of aromatic hydroxyl groups is 1. The van der Waals surface area contributed by atoms with Crippen molar-refractivity contribution in [3.05, 3.63) is 23.8 Å². The van der Waals surface area contributed by atoms with Crippen LogP contribution in [0.4, 0.5) is 0 Å². The lowest BCUT2D eigenvalue weighted by Gasteiger charge is -2.22. The standard InChI is InChI=1S/C13H16N2O3/c1-9(16)15-13(2,8-14)7-10-4-5-11(17)12(6-10)18-3/h4-6,17H,7H2,1-3H3,(H,15,16)/t13-/m1/s1. The highest BCUT2D eigenvalue weighted by atomic mass is 16.5. The molecule has 0 radical (unpaired) electrons. The van der Waals surface area contributed by atoms with Gasteiger partial charge in [-0.3, -0.25) is 4.79 Å². The van der Waals surface area contributed by atoms with Crippen molar-refractivity contribution in [1.82, 2.24) is 5.32 Å². The van der Waals surface area contributed by atoms with Gasteiger partial charge in [0.25, 0.3) is 0 Å². The molecule has 0 heterocycles. The van der Waals surface area contributed by atoms with E-state index in [1.807, 2.05) is 0 Å². The van der Waals surface area contributed by atoms with Gasteiger partial charge in [0.15, 0.2) is 11.5 Å². The molecule has 0 spiro atoms. The minimum Gasteiger partial charge on any atom is -0.504 e. The Hall–Kier alpha value is -2.22. The van der Waals surface area contributed by atoms with Crippen LogP contribution in [-0.2, 0) is 11.2 Å². The van der Waals surface area contributed by atoms with Gasteiger partial charge in [-0.05, 0) is 24.6 Å². The summed E-state index contributed by atoms with van der Waals surface area (Å²) in [7, 11) is 1.45. The van der Waals surface area contributed by atoms with E-state index in [4.69, 9.17) is 10.00 Å². The van der Waals surface area contributed by atoms with Gasteiger partial charge in [0.1, 0.15) is 5.54 Å². The summed E-state index contributed by atoms with van der Waals surface area (Å²) in [5.41, 5.74) is -0.184. The van der Waals surface area contributed by atoms with Crippen LogP contribution in [0.1, 0.15) is 19.4 Å². The molecule has 1 aromatic carbocycles. The summed E-state index contributed by atoms with van der Waals surface area (Å²) in [6.07, 6.45) is 0.333. The second-order valence-electron chi connectivity index (χ2n) is 4.31. The highest BCUT2D eigenvalue weighted by Crippen LogP contribution is 2.27. The number of phenols is 1. The van der Waals surface area contributed by atoms with E-state index in [1.54, 1.807) is 19.1 Å². The number of benzene rings is 1. The molecule has 0 aliphatic heterocycles. The van der Waals surface area contributed by atoms with Crippen LogP contribution in [0.25, 0.3) is 0 Å². The number of hydrogen-bond acceptors (Lipinski definition) is 4. The number of methoxy groups -OCH3 is 1. The average molecular weight is 248 g/mol. The SMILES string of the molecule is COc1cc(C[C@](C)(C#N)NC(C)=O)ccc1O. The predicted octanol–water partition coefficient (Wildman–Crippen LogP) is 1.36. The second-order valence-corrected chi connectivity index (χ2v) is 4.31. The van der Waals surface area contributed by atoms with Gasteiger partial charge >= 0.3 is 0 Å². The van der Waals surface area contributed by atoms with E-state index >= 15 is 0 Å². The molecule has 0 fully saturated rings. The molecule has 1 aromatic rings. The van der Waals surface area contributed by atoms with Gasteiger partial charge < -0.3 is 15.2 Å². The lowest BCUT2D eigenvalue weighted by molar-refractivity contribution is -0.120. The lowest BCUT2D eigenvalue weighted by Crippen LogP contribution is -2.45. The molecule has 2 N–H and O–H groups in total. The van der Waals surface area contributed by atoms with Gasteiger partial charge in [-0.25, -0.2) is 0 Å². The van der Waals surface area contributed by atoms with Crippen molar-refractivity contribution in [2.45, 2.75) is 25.8 Å². The monoisotopic (exact) mass is 248 g/mol. The molecule has 5 heteroatoms.